The van der Waals surface area contributed by atoms with E-state index in [1.807, 2.05) is 26.0 Å². The Morgan fingerprint density at radius 1 is 1.15 bits per heavy atom. The molecule has 0 bridgehead atoms. The van der Waals surface area contributed by atoms with Crippen LogP contribution in [-0.4, -0.2) is 24.5 Å². The molecule has 0 aliphatic carbocycles. The summed E-state index contributed by atoms with van der Waals surface area (Å²) >= 11 is 5.81. The standard InChI is InChI=1S/C14H20ClN3O2/c1-4-16-13(19)10(3)18-14(20)17-9(2)11-5-7-12(15)8-6-11/h5-10H,4H2,1-3H3,(H,16,19)(H2,17,18,20)/t9-,10+/m1/s1. The largest absolute Gasteiger partial charge is 0.355 e. The van der Waals surface area contributed by atoms with Gasteiger partial charge in [-0.1, -0.05) is 23.7 Å². The molecule has 110 valence electrons. The summed E-state index contributed by atoms with van der Waals surface area (Å²) in [7, 11) is 0. The van der Waals surface area contributed by atoms with Gasteiger partial charge in [-0.3, -0.25) is 4.79 Å². The first-order chi connectivity index (χ1) is 9.43. The Labute approximate surface area is 124 Å². The van der Waals surface area contributed by atoms with Gasteiger partial charge in [-0.25, -0.2) is 4.79 Å². The number of carbonyl (C=O) groups excluding carboxylic acids is 2. The van der Waals surface area contributed by atoms with E-state index in [-0.39, 0.29) is 18.0 Å². The van der Waals surface area contributed by atoms with E-state index in [4.69, 9.17) is 11.6 Å². The Kier molecular flexibility index (Phi) is 6.31. The molecule has 0 radical (unpaired) electrons. The van der Waals surface area contributed by atoms with E-state index in [1.54, 1.807) is 19.1 Å². The van der Waals surface area contributed by atoms with Gasteiger partial charge in [0.1, 0.15) is 6.04 Å². The fourth-order valence-corrected chi connectivity index (χ4v) is 1.79. The lowest BCUT2D eigenvalue weighted by molar-refractivity contribution is -0.122. The maximum absolute atomic E-state index is 11.8. The van der Waals surface area contributed by atoms with E-state index in [0.717, 1.165) is 5.56 Å². The number of amides is 3. The molecule has 20 heavy (non-hydrogen) atoms. The zero-order chi connectivity index (χ0) is 15.1. The van der Waals surface area contributed by atoms with Gasteiger partial charge in [0.25, 0.3) is 0 Å². The molecule has 0 fully saturated rings. The molecule has 0 unspecified atom stereocenters. The van der Waals surface area contributed by atoms with E-state index >= 15 is 0 Å². The number of urea groups is 1. The van der Waals surface area contributed by atoms with Gasteiger partial charge in [0.2, 0.25) is 5.91 Å². The van der Waals surface area contributed by atoms with Crippen molar-refractivity contribution >= 4 is 23.5 Å². The zero-order valence-corrected chi connectivity index (χ0v) is 12.6. The second-order valence-corrected chi connectivity index (χ2v) is 4.94. The van der Waals surface area contributed by atoms with E-state index in [0.29, 0.717) is 11.6 Å². The molecule has 1 aromatic rings. The van der Waals surface area contributed by atoms with Gasteiger partial charge < -0.3 is 16.0 Å². The van der Waals surface area contributed by atoms with Crippen molar-refractivity contribution in [3.05, 3.63) is 34.9 Å². The van der Waals surface area contributed by atoms with Crippen LogP contribution in [0.15, 0.2) is 24.3 Å². The highest BCUT2D eigenvalue weighted by molar-refractivity contribution is 6.30. The number of likely N-dealkylation sites (N-methyl/N-ethyl adjacent to an activating group) is 1. The number of nitrogens with one attached hydrogen (secondary N) is 3. The molecule has 5 nitrogen and oxygen atoms in total. The van der Waals surface area contributed by atoms with Gasteiger partial charge in [-0.2, -0.15) is 0 Å². The summed E-state index contributed by atoms with van der Waals surface area (Å²) in [4.78, 5) is 23.3. The van der Waals surface area contributed by atoms with Crippen LogP contribution < -0.4 is 16.0 Å². The second-order valence-electron chi connectivity index (χ2n) is 4.51. The molecule has 2 atom stereocenters. The minimum atomic E-state index is -0.577. The van der Waals surface area contributed by atoms with Crippen LogP contribution in [0, 0.1) is 0 Å². The Morgan fingerprint density at radius 3 is 2.30 bits per heavy atom. The highest BCUT2D eigenvalue weighted by Crippen LogP contribution is 2.15. The molecule has 0 saturated carbocycles. The van der Waals surface area contributed by atoms with Crippen LogP contribution in [0.5, 0.6) is 0 Å². The van der Waals surface area contributed by atoms with Gasteiger partial charge in [0.05, 0.1) is 6.04 Å². The Morgan fingerprint density at radius 2 is 1.75 bits per heavy atom. The molecule has 0 aliphatic rings. The topological polar surface area (TPSA) is 70.2 Å². The summed E-state index contributed by atoms with van der Waals surface area (Å²) in [6.07, 6.45) is 0. The number of rotatable bonds is 5. The number of hydrogen-bond acceptors (Lipinski definition) is 2. The maximum atomic E-state index is 11.8. The summed E-state index contributed by atoms with van der Waals surface area (Å²) in [6, 6.07) is 6.10. The summed E-state index contributed by atoms with van der Waals surface area (Å²) < 4.78 is 0. The molecule has 1 rings (SSSR count). The molecular weight excluding hydrogens is 278 g/mol. The third kappa shape index (κ3) is 5.09. The first-order valence-corrected chi connectivity index (χ1v) is 6.92. The van der Waals surface area contributed by atoms with Crippen molar-refractivity contribution in [2.45, 2.75) is 32.9 Å². The normalized spacial score (nSPS) is 13.2. The zero-order valence-electron chi connectivity index (χ0n) is 11.9. The van der Waals surface area contributed by atoms with Crippen molar-refractivity contribution < 1.29 is 9.59 Å². The maximum Gasteiger partial charge on any atom is 0.315 e. The van der Waals surface area contributed by atoms with Gasteiger partial charge in [0.15, 0.2) is 0 Å². The second kappa shape index (κ2) is 7.75. The van der Waals surface area contributed by atoms with Crippen molar-refractivity contribution in [2.24, 2.45) is 0 Å². The fourth-order valence-electron chi connectivity index (χ4n) is 1.66. The Bertz CT molecular complexity index is 462. The number of halogens is 1. The van der Waals surface area contributed by atoms with Gasteiger partial charge in [-0.05, 0) is 38.5 Å². The van der Waals surface area contributed by atoms with Crippen LogP contribution in [-0.2, 0) is 4.79 Å². The summed E-state index contributed by atoms with van der Waals surface area (Å²) in [5.74, 6) is -0.207. The van der Waals surface area contributed by atoms with Crippen LogP contribution >= 0.6 is 11.6 Å². The molecule has 0 spiro atoms. The minimum Gasteiger partial charge on any atom is -0.355 e. The van der Waals surface area contributed by atoms with Crippen LogP contribution in [0.1, 0.15) is 32.4 Å². The predicted molar refractivity (Wildman–Crippen MR) is 79.7 cm³/mol. The molecule has 0 aliphatic heterocycles. The quantitative estimate of drug-likeness (QED) is 0.780. The highest BCUT2D eigenvalue weighted by Gasteiger charge is 2.16. The lowest BCUT2D eigenvalue weighted by atomic mass is 10.1. The molecule has 3 amide bonds. The van der Waals surface area contributed by atoms with Crippen molar-refractivity contribution in [3.8, 4) is 0 Å². The fraction of sp³-hybridized carbons (Fsp3) is 0.429. The third-order valence-corrected chi connectivity index (χ3v) is 3.06. The highest BCUT2D eigenvalue weighted by atomic mass is 35.5. The molecule has 0 heterocycles. The molecule has 0 saturated heterocycles. The summed E-state index contributed by atoms with van der Waals surface area (Å²) in [5, 5.41) is 8.65. The van der Waals surface area contributed by atoms with E-state index in [9.17, 15) is 9.59 Å². The number of benzene rings is 1. The van der Waals surface area contributed by atoms with Crippen LogP contribution in [0.2, 0.25) is 5.02 Å². The van der Waals surface area contributed by atoms with Crippen LogP contribution in [0.4, 0.5) is 4.79 Å². The van der Waals surface area contributed by atoms with Crippen molar-refractivity contribution in [3.63, 3.8) is 0 Å². The smallest absolute Gasteiger partial charge is 0.315 e. The average molecular weight is 298 g/mol. The minimum absolute atomic E-state index is 0.172. The monoisotopic (exact) mass is 297 g/mol. The molecule has 3 N–H and O–H groups in total. The van der Waals surface area contributed by atoms with Crippen LogP contribution in [0.25, 0.3) is 0 Å². The lowest BCUT2D eigenvalue weighted by Crippen LogP contribution is -2.48. The third-order valence-electron chi connectivity index (χ3n) is 2.81. The van der Waals surface area contributed by atoms with Crippen molar-refractivity contribution in [2.75, 3.05) is 6.54 Å². The van der Waals surface area contributed by atoms with E-state index in [2.05, 4.69) is 16.0 Å². The lowest BCUT2D eigenvalue weighted by Gasteiger charge is -2.18. The predicted octanol–water partition coefficient (Wildman–Crippen LogP) is 2.22. The SMILES string of the molecule is CCNC(=O)[C@H](C)NC(=O)N[C@H](C)c1ccc(Cl)cc1. The van der Waals surface area contributed by atoms with Crippen LogP contribution in [0.3, 0.4) is 0 Å². The van der Waals surface area contributed by atoms with Crippen molar-refractivity contribution in [1.82, 2.24) is 16.0 Å². The Balaban J connectivity index is 2.49. The molecule has 1 aromatic carbocycles. The van der Waals surface area contributed by atoms with E-state index < -0.39 is 6.04 Å². The van der Waals surface area contributed by atoms with Gasteiger partial charge in [0, 0.05) is 11.6 Å². The molecule has 0 aromatic heterocycles. The van der Waals surface area contributed by atoms with Gasteiger partial charge >= 0.3 is 6.03 Å². The van der Waals surface area contributed by atoms with Gasteiger partial charge in [-0.15, -0.1) is 0 Å². The number of hydrogen-bond donors (Lipinski definition) is 3. The molecule has 6 heteroatoms. The summed E-state index contributed by atoms with van der Waals surface area (Å²) in [6.45, 7) is 5.86. The van der Waals surface area contributed by atoms with Crippen molar-refractivity contribution in [1.29, 1.82) is 0 Å². The average Bonchev–Trinajstić information content (AvgIpc) is 2.39. The van der Waals surface area contributed by atoms with E-state index in [1.165, 1.54) is 0 Å². The number of carbonyl (C=O) groups is 2. The Hall–Kier alpha value is -1.75. The summed E-state index contributed by atoms with van der Waals surface area (Å²) in [5.41, 5.74) is 0.940. The molecular formula is C14H20ClN3O2. The first-order valence-electron chi connectivity index (χ1n) is 6.54. The first kappa shape index (κ1) is 16.3.